The van der Waals surface area contributed by atoms with Crippen molar-refractivity contribution in [2.24, 2.45) is 0 Å². The van der Waals surface area contributed by atoms with E-state index in [2.05, 4.69) is 20.7 Å². The molecule has 0 bridgehead atoms. The molecule has 0 spiro atoms. The third-order valence-corrected chi connectivity index (χ3v) is 4.15. The lowest BCUT2D eigenvalue weighted by Crippen LogP contribution is -2.23. The van der Waals surface area contributed by atoms with Gasteiger partial charge in [0.05, 0.1) is 17.0 Å². The van der Waals surface area contributed by atoms with Crippen LogP contribution in [0.1, 0.15) is 9.67 Å². The van der Waals surface area contributed by atoms with E-state index < -0.39 is 5.97 Å². The van der Waals surface area contributed by atoms with Crippen molar-refractivity contribution in [1.29, 1.82) is 0 Å². The number of pyridine rings is 1. The van der Waals surface area contributed by atoms with E-state index in [0.29, 0.717) is 14.1 Å². The van der Waals surface area contributed by atoms with E-state index in [0.717, 1.165) is 10.1 Å². The van der Waals surface area contributed by atoms with Crippen LogP contribution in [0.15, 0.2) is 22.9 Å². The van der Waals surface area contributed by atoms with E-state index in [1.54, 1.807) is 6.07 Å². The molecule has 15 heavy (non-hydrogen) atoms. The van der Waals surface area contributed by atoms with Gasteiger partial charge in [-0.3, -0.25) is 0 Å². The van der Waals surface area contributed by atoms with E-state index in [1.165, 1.54) is 30.8 Å². The van der Waals surface area contributed by atoms with Gasteiger partial charge in [-0.1, -0.05) is 0 Å². The fourth-order valence-corrected chi connectivity index (χ4v) is 3.05. The summed E-state index contributed by atoms with van der Waals surface area (Å²) in [6, 6.07) is 1.67. The van der Waals surface area contributed by atoms with Gasteiger partial charge in [-0.05, 0) is 15.9 Å². The number of rotatable bonds is 1. The Morgan fingerprint density at radius 2 is 2.40 bits per heavy atom. The summed E-state index contributed by atoms with van der Waals surface area (Å²) < 4.78 is 6.81. The highest BCUT2D eigenvalue weighted by atomic mass is 79.9. The smallest absolute Gasteiger partial charge is 0.349 e. The van der Waals surface area contributed by atoms with Crippen LogP contribution in [-0.4, -0.2) is 13.1 Å². The van der Waals surface area contributed by atoms with E-state index in [-0.39, 0.29) is 0 Å². The molecular formula is C9H6BrNO3S. The normalized spacial score (nSPS) is 10.5. The van der Waals surface area contributed by atoms with Crippen LogP contribution in [0.4, 0.5) is 0 Å². The highest BCUT2D eigenvalue weighted by Crippen LogP contribution is 2.34. The summed E-state index contributed by atoms with van der Waals surface area (Å²) in [5.74, 6) is -0.402. The first kappa shape index (κ1) is 10.4. The predicted molar refractivity (Wildman–Crippen MR) is 59.8 cm³/mol. The SMILES string of the molecule is COC(=O)c1sc2cc[n+]([O-])cc2c1Br. The van der Waals surface area contributed by atoms with Crippen LogP contribution in [0.2, 0.25) is 0 Å². The number of nitrogens with zero attached hydrogens (tertiary/aromatic N) is 1. The van der Waals surface area contributed by atoms with Gasteiger partial charge in [0, 0.05) is 10.8 Å². The van der Waals surface area contributed by atoms with E-state index in [9.17, 15) is 10.0 Å². The van der Waals surface area contributed by atoms with Gasteiger partial charge in [-0.2, -0.15) is 4.73 Å². The van der Waals surface area contributed by atoms with Crippen LogP contribution >= 0.6 is 27.3 Å². The van der Waals surface area contributed by atoms with Crippen molar-refractivity contribution in [3.63, 3.8) is 0 Å². The Balaban J connectivity index is 2.69. The number of carbonyl (C=O) groups is 1. The molecule has 6 heteroatoms. The number of esters is 1. The minimum absolute atomic E-state index is 0.402. The van der Waals surface area contributed by atoms with Crippen LogP contribution in [0.3, 0.4) is 0 Å². The molecule has 0 saturated carbocycles. The number of thiophene rings is 1. The first-order valence-corrected chi connectivity index (χ1v) is 5.63. The quantitative estimate of drug-likeness (QED) is 0.458. The van der Waals surface area contributed by atoms with Crippen molar-refractivity contribution in [3.8, 4) is 0 Å². The molecule has 2 rings (SSSR count). The van der Waals surface area contributed by atoms with Crippen LogP contribution in [0.25, 0.3) is 10.1 Å². The van der Waals surface area contributed by atoms with Crippen LogP contribution < -0.4 is 4.73 Å². The van der Waals surface area contributed by atoms with Crippen LogP contribution in [0, 0.1) is 5.21 Å². The molecule has 0 atom stereocenters. The monoisotopic (exact) mass is 287 g/mol. The lowest BCUT2D eigenvalue weighted by Gasteiger charge is -1.95. The van der Waals surface area contributed by atoms with Gasteiger partial charge in [0.2, 0.25) is 0 Å². The molecule has 2 aromatic rings. The molecule has 0 aliphatic rings. The molecule has 0 aromatic carbocycles. The minimum atomic E-state index is -0.402. The Hall–Kier alpha value is -1.14. The number of hydrogen-bond acceptors (Lipinski definition) is 4. The Kier molecular flexibility index (Phi) is 2.62. The molecule has 0 saturated heterocycles. The number of carbonyl (C=O) groups excluding carboxylic acids is 1. The summed E-state index contributed by atoms with van der Waals surface area (Å²) in [5.41, 5.74) is 0. The summed E-state index contributed by atoms with van der Waals surface area (Å²) in [4.78, 5) is 11.8. The molecule has 0 aliphatic carbocycles. The molecule has 0 N–H and O–H groups in total. The molecule has 0 fully saturated rings. The second-order valence-corrected chi connectivity index (χ2v) is 4.66. The number of hydrogen-bond donors (Lipinski definition) is 0. The maximum absolute atomic E-state index is 11.4. The average molecular weight is 288 g/mol. The Labute approximate surface area is 97.8 Å². The molecule has 2 aromatic heterocycles. The molecule has 78 valence electrons. The highest BCUT2D eigenvalue weighted by molar-refractivity contribution is 9.10. The fourth-order valence-electron chi connectivity index (χ4n) is 1.22. The fraction of sp³-hybridized carbons (Fsp3) is 0.111. The Morgan fingerprint density at radius 3 is 3.07 bits per heavy atom. The van der Waals surface area contributed by atoms with Gasteiger partial charge in [0.1, 0.15) is 4.88 Å². The lowest BCUT2D eigenvalue weighted by atomic mass is 10.3. The van der Waals surface area contributed by atoms with Crippen molar-refractivity contribution in [2.45, 2.75) is 0 Å². The van der Waals surface area contributed by atoms with Gasteiger partial charge >= 0.3 is 5.97 Å². The van der Waals surface area contributed by atoms with Crippen molar-refractivity contribution >= 4 is 43.3 Å². The summed E-state index contributed by atoms with van der Waals surface area (Å²) >= 11 is 4.58. The third-order valence-electron chi connectivity index (χ3n) is 1.91. The summed E-state index contributed by atoms with van der Waals surface area (Å²) in [7, 11) is 1.33. The Morgan fingerprint density at radius 1 is 1.67 bits per heavy atom. The zero-order chi connectivity index (χ0) is 11.0. The zero-order valence-electron chi connectivity index (χ0n) is 7.69. The third kappa shape index (κ3) is 1.70. The summed E-state index contributed by atoms with van der Waals surface area (Å²) in [6.45, 7) is 0. The van der Waals surface area contributed by atoms with E-state index >= 15 is 0 Å². The highest BCUT2D eigenvalue weighted by Gasteiger charge is 2.18. The topological polar surface area (TPSA) is 53.2 Å². The molecule has 0 radical (unpaired) electrons. The van der Waals surface area contributed by atoms with E-state index in [4.69, 9.17) is 0 Å². The minimum Gasteiger partial charge on any atom is -0.619 e. The van der Waals surface area contributed by atoms with Crippen molar-refractivity contribution in [3.05, 3.63) is 33.0 Å². The van der Waals surface area contributed by atoms with Gasteiger partial charge in [0.15, 0.2) is 12.4 Å². The number of aromatic nitrogens is 1. The first-order chi connectivity index (χ1) is 7.13. The standard InChI is InChI=1S/C9H6BrNO3S/c1-14-9(12)8-7(10)5-4-11(13)3-2-6(5)15-8/h2-4H,1H3. The summed E-state index contributed by atoms with van der Waals surface area (Å²) in [5, 5.41) is 11.8. The largest absolute Gasteiger partial charge is 0.619 e. The molecular weight excluding hydrogens is 282 g/mol. The molecule has 2 heterocycles. The molecule has 0 unspecified atom stereocenters. The number of methoxy groups -OCH3 is 1. The maximum Gasteiger partial charge on any atom is 0.349 e. The van der Waals surface area contributed by atoms with Crippen molar-refractivity contribution in [2.75, 3.05) is 7.11 Å². The Bertz CT molecular complexity index is 537. The van der Waals surface area contributed by atoms with Gasteiger partial charge < -0.3 is 9.94 Å². The lowest BCUT2D eigenvalue weighted by molar-refractivity contribution is -0.603. The van der Waals surface area contributed by atoms with Crippen molar-refractivity contribution in [1.82, 2.24) is 0 Å². The molecule has 0 aliphatic heterocycles. The van der Waals surface area contributed by atoms with Gasteiger partial charge in [0.25, 0.3) is 0 Å². The van der Waals surface area contributed by atoms with Gasteiger partial charge in [-0.15, -0.1) is 11.3 Å². The zero-order valence-corrected chi connectivity index (χ0v) is 10.1. The molecule has 0 amide bonds. The average Bonchev–Trinajstić information content (AvgIpc) is 2.55. The van der Waals surface area contributed by atoms with Gasteiger partial charge in [-0.25, -0.2) is 4.79 Å². The predicted octanol–water partition coefficient (Wildman–Crippen LogP) is 2.08. The number of ether oxygens (including phenoxy) is 1. The number of halogens is 1. The molecule has 4 nitrogen and oxygen atoms in total. The van der Waals surface area contributed by atoms with Crippen LogP contribution in [-0.2, 0) is 4.74 Å². The van der Waals surface area contributed by atoms with Crippen molar-refractivity contribution < 1.29 is 14.3 Å². The first-order valence-electron chi connectivity index (χ1n) is 4.02. The summed E-state index contributed by atoms with van der Waals surface area (Å²) in [6.07, 6.45) is 2.81. The number of fused-ring (bicyclic) bond motifs is 1. The van der Waals surface area contributed by atoms with E-state index in [1.807, 2.05) is 0 Å². The second kappa shape index (κ2) is 3.79. The van der Waals surface area contributed by atoms with Crippen LogP contribution in [0.5, 0.6) is 0 Å². The maximum atomic E-state index is 11.4. The second-order valence-electron chi connectivity index (χ2n) is 2.82.